The fourth-order valence-electron chi connectivity index (χ4n) is 2.34. The van der Waals surface area contributed by atoms with Crippen LogP contribution >= 0.6 is 0 Å². The van der Waals surface area contributed by atoms with E-state index in [1.165, 1.54) is 30.1 Å². The summed E-state index contributed by atoms with van der Waals surface area (Å²) in [4.78, 5) is 35.9. The SMILES string of the molecule is Cc1ccc(C)c(NC(=O)CN(C)C(=O)COc2ccccc2[N+](=O)[O-])c1. The zero-order valence-electron chi connectivity index (χ0n) is 15.4. The van der Waals surface area contributed by atoms with Crippen molar-refractivity contribution in [2.45, 2.75) is 13.8 Å². The molecule has 2 aromatic carbocycles. The minimum absolute atomic E-state index is 0.00378. The summed E-state index contributed by atoms with van der Waals surface area (Å²) in [5.74, 6) is -0.807. The van der Waals surface area contributed by atoms with Crippen LogP contribution in [0.2, 0.25) is 0 Å². The molecule has 0 saturated heterocycles. The van der Waals surface area contributed by atoms with Crippen LogP contribution in [0, 0.1) is 24.0 Å². The Morgan fingerprint density at radius 1 is 1.19 bits per heavy atom. The van der Waals surface area contributed by atoms with E-state index in [9.17, 15) is 19.7 Å². The van der Waals surface area contributed by atoms with E-state index in [1.807, 2.05) is 32.0 Å². The third-order valence-corrected chi connectivity index (χ3v) is 3.89. The second kappa shape index (κ2) is 8.79. The number of benzene rings is 2. The molecule has 27 heavy (non-hydrogen) atoms. The molecule has 8 heteroatoms. The van der Waals surface area contributed by atoms with Crippen molar-refractivity contribution in [2.24, 2.45) is 0 Å². The Morgan fingerprint density at radius 2 is 1.89 bits per heavy atom. The van der Waals surface area contributed by atoms with Crippen molar-refractivity contribution in [3.05, 3.63) is 63.7 Å². The first-order valence-corrected chi connectivity index (χ1v) is 8.25. The Kier molecular flexibility index (Phi) is 6.48. The monoisotopic (exact) mass is 371 g/mol. The summed E-state index contributed by atoms with van der Waals surface area (Å²) in [6.07, 6.45) is 0. The third kappa shape index (κ3) is 5.53. The minimum Gasteiger partial charge on any atom is -0.477 e. The molecule has 0 aromatic heterocycles. The Labute approximate surface area is 156 Å². The number of anilines is 1. The molecule has 2 rings (SSSR count). The largest absolute Gasteiger partial charge is 0.477 e. The lowest BCUT2D eigenvalue weighted by atomic mass is 10.1. The molecule has 2 aromatic rings. The maximum Gasteiger partial charge on any atom is 0.310 e. The predicted molar refractivity (Wildman–Crippen MR) is 101 cm³/mol. The van der Waals surface area contributed by atoms with Crippen LogP contribution in [0.5, 0.6) is 5.75 Å². The highest BCUT2D eigenvalue weighted by molar-refractivity contribution is 5.95. The second-order valence-electron chi connectivity index (χ2n) is 6.13. The van der Waals surface area contributed by atoms with Gasteiger partial charge in [0.2, 0.25) is 5.91 Å². The van der Waals surface area contributed by atoms with Crippen molar-refractivity contribution in [2.75, 3.05) is 25.5 Å². The topological polar surface area (TPSA) is 102 Å². The summed E-state index contributed by atoms with van der Waals surface area (Å²) in [6.45, 7) is 3.24. The highest BCUT2D eigenvalue weighted by Gasteiger charge is 2.18. The van der Waals surface area contributed by atoms with Crippen LogP contribution in [0.25, 0.3) is 0 Å². The molecular formula is C19H21N3O5. The van der Waals surface area contributed by atoms with Gasteiger partial charge in [0.25, 0.3) is 5.91 Å². The molecule has 8 nitrogen and oxygen atoms in total. The molecule has 0 atom stereocenters. The molecule has 0 aliphatic rings. The molecular weight excluding hydrogens is 350 g/mol. The molecule has 0 fully saturated rings. The molecule has 0 bridgehead atoms. The summed E-state index contributed by atoms with van der Waals surface area (Å²) < 4.78 is 5.25. The first-order valence-electron chi connectivity index (χ1n) is 8.25. The van der Waals surface area contributed by atoms with E-state index < -0.39 is 17.4 Å². The number of hydrogen-bond acceptors (Lipinski definition) is 5. The van der Waals surface area contributed by atoms with E-state index in [-0.39, 0.29) is 23.9 Å². The quantitative estimate of drug-likeness (QED) is 0.595. The van der Waals surface area contributed by atoms with Gasteiger partial charge in [0, 0.05) is 18.8 Å². The number of para-hydroxylation sites is 2. The van der Waals surface area contributed by atoms with Gasteiger partial charge in [0.05, 0.1) is 11.5 Å². The number of nitro groups is 1. The fraction of sp³-hybridized carbons (Fsp3) is 0.263. The minimum atomic E-state index is -0.582. The smallest absolute Gasteiger partial charge is 0.310 e. The highest BCUT2D eigenvalue weighted by Crippen LogP contribution is 2.25. The Bertz CT molecular complexity index is 866. The van der Waals surface area contributed by atoms with Gasteiger partial charge in [0.1, 0.15) is 0 Å². The van der Waals surface area contributed by atoms with Gasteiger partial charge in [-0.1, -0.05) is 24.3 Å². The second-order valence-corrected chi connectivity index (χ2v) is 6.13. The first-order chi connectivity index (χ1) is 12.8. The molecule has 0 unspecified atom stereocenters. The number of aryl methyl sites for hydroxylation is 2. The van der Waals surface area contributed by atoms with Crippen molar-refractivity contribution in [3.63, 3.8) is 0 Å². The number of nitrogens with zero attached hydrogens (tertiary/aromatic N) is 2. The van der Waals surface area contributed by atoms with E-state index >= 15 is 0 Å². The number of rotatable bonds is 7. The molecule has 1 N–H and O–H groups in total. The number of nitro benzene ring substituents is 1. The summed E-state index contributed by atoms with van der Waals surface area (Å²) in [5, 5.41) is 13.7. The summed E-state index contributed by atoms with van der Waals surface area (Å²) in [6, 6.07) is 11.5. The van der Waals surface area contributed by atoms with Crippen molar-refractivity contribution in [1.82, 2.24) is 4.90 Å². The standard InChI is InChI=1S/C19H21N3O5/c1-13-8-9-14(2)15(10-13)20-18(23)11-21(3)19(24)12-27-17-7-5-4-6-16(17)22(25)26/h4-10H,11-12H2,1-3H3,(H,20,23). The number of ether oxygens (including phenoxy) is 1. The van der Waals surface area contributed by atoms with Gasteiger partial charge in [0.15, 0.2) is 12.4 Å². The van der Waals surface area contributed by atoms with Crippen LogP contribution in [0.1, 0.15) is 11.1 Å². The Morgan fingerprint density at radius 3 is 2.59 bits per heavy atom. The van der Waals surface area contributed by atoms with Crippen LogP contribution < -0.4 is 10.1 Å². The van der Waals surface area contributed by atoms with Crippen molar-refractivity contribution < 1.29 is 19.2 Å². The van der Waals surface area contributed by atoms with Crippen molar-refractivity contribution in [3.8, 4) is 5.75 Å². The number of hydrogen-bond donors (Lipinski definition) is 1. The molecule has 0 heterocycles. The van der Waals surface area contributed by atoms with Crippen molar-refractivity contribution in [1.29, 1.82) is 0 Å². The first kappa shape index (κ1) is 19.9. The summed E-state index contributed by atoms with van der Waals surface area (Å²) in [7, 11) is 1.47. The van der Waals surface area contributed by atoms with Gasteiger partial charge in [-0.25, -0.2) is 0 Å². The van der Waals surface area contributed by atoms with Crippen molar-refractivity contribution >= 4 is 23.2 Å². The van der Waals surface area contributed by atoms with Crippen LogP contribution in [-0.2, 0) is 9.59 Å². The van der Waals surface area contributed by atoms with Gasteiger partial charge in [-0.05, 0) is 37.1 Å². The van der Waals surface area contributed by atoms with Crippen LogP contribution in [0.15, 0.2) is 42.5 Å². The van der Waals surface area contributed by atoms with E-state index in [1.54, 1.807) is 6.07 Å². The average molecular weight is 371 g/mol. The third-order valence-electron chi connectivity index (χ3n) is 3.89. The number of nitrogens with one attached hydrogen (secondary N) is 1. The van der Waals surface area contributed by atoms with Gasteiger partial charge in [-0.2, -0.15) is 0 Å². The van der Waals surface area contributed by atoms with E-state index in [4.69, 9.17) is 4.74 Å². The molecule has 0 aliphatic carbocycles. The van der Waals surface area contributed by atoms with Gasteiger partial charge in [-0.15, -0.1) is 0 Å². The molecule has 0 aliphatic heterocycles. The Balaban J connectivity index is 1.91. The summed E-state index contributed by atoms with van der Waals surface area (Å²) >= 11 is 0. The van der Waals surface area contributed by atoms with E-state index in [0.717, 1.165) is 11.1 Å². The predicted octanol–water partition coefficient (Wildman–Crippen LogP) is 2.69. The number of amides is 2. The Hall–Kier alpha value is -3.42. The normalized spacial score (nSPS) is 10.2. The number of carbonyl (C=O) groups excluding carboxylic acids is 2. The molecule has 0 radical (unpaired) electrons. The lowest BCUT2D eigenvalue weighted by Crippen LogP contribution is -2.37. The number of carbonyl (C=O) groups is 2. The fourth-order valence-corrected chi connectivity index (χ4v) is 2.34. The maximum atomic E-state index is 12.2. The lowest BCUT2D eigenvalue weighted by Gasteiger charge is -2.17. The van der Waals surface area contributed by atoms with E-state index in [0.29, 0.717) is 5.69 Å². The molecule has 142 valence electrons. The van der Waals surface area contributed by atoms with Gasteiger partial charge >= 0.3 is 5.69 Å². The van der Waals surface area contributed by atoms with Crippen LogP contribution in [0.4, 0.5) is 11.4 Å². The van der Waals surface area contributed by atoms with E-state index in [2.05, 4.69) is 5.32 Å². The molecule has 0 spiro atoms. The number of likely N-dealkylation sites (N-methyl/N-ethyl adjacent to an activating group) is 1. The zero-order valence-corrected chi connectivity index (χ0v) is 15.4. The average Bonchev–Trinajstić information content (AvgIpc) is 2.62. The van der Waals surface area contributed by atoms with Crippen LogP contribution in [0.3, 0.4) is 0 Å². The summed E-state index contributed by atoms with van der Waals surface area (Å²) in [5.41, 5.74) is 2.40. The maximum absolute atomic E-state index is 12.2. The van der Waals surface area contributed by atoms with Crippen LogP contribution in [-0.4, -0.2) is 41.8 Å². The zero-order chi connectivity index (χ0) is 20.0. The lowest BCUT2D eigenvalue weighted by molar-refractivity contribution is -0.385. The highest BCUT2D eigenvalue weighted by atomic mass is 16.6. The van der Waals surface area contributed by atoms with Gasteiger partial charge in [-0.3, -0.25) is 19.7 Å². The molecule has 2 amide bonds. The van der Waals surface area contributed by atoms with Gasteiger partial charge < -0.3 is 15.0 Å². The molecule has 0 saturated carbocycles.